The van der Waals surface area contributed by atoms with E-state index in [1.165, 1.54) is 28.7 Å². The van der Waals surface area contributed by atoms with Crippen LogP contribution in [0.2, 0.25) is 0 Å². The molecule has 1 N–H and O–H groups in total. The summed E-state index contributed by atoms with van der Waals surface area (Å²) in [6.45, 7) is 9.34. The first-order chi connectivity index (χ1) is 13.5. The third kappa shape index (κ3) is 5.17. The molecule has 0 amide bonds. The highest BCUT2D eigenvalue weighted by Gasteiger charge is 2.33. The van der Waals surface area contributed by atoms with Crippen LogP contribution in [-0.2, 0) is 17.8 Å². The van der Waals surface area contributed by atoms with Crippen molar-refractivity contribution in [2.45, 2.75) is 70.2 Å². The average molecular weight is 423 g/mol. The molecule has 2 aromatic rings. The molecule has 1 aliphatic rings. The van der Waals surface area contributed by atoms with Crippen LogP contribution in [0.4, 0.5) is 5.82 Å². The van der Waals surface area contributed by atoms with Crippen LogP contribution in [0.25, 0.3) is 10.2 Å². The standard InChI is InChI=1S/C21H34N4OS2/c1-6-8-12-27-20-23-18(22-10-9-11-25(4)5)17-15-13-21(3,7-2)26-14-16(15)28-19(17)24-20/h6-14H2,1-5H3,(H,22,23,24)/t21-/m1/s1. The molecule has 0 unspecified atom stereocenters. The van der Waals surface area contributed by atoms with Crippen LogP contribution in [0.3, 0.4) is 0 Å². The Bertz CT molecular complexity index is 792. The fourth-order valence-corrected chi connectivity index (χ4v) is 5.47. The SMILES string of the molecule is CCCCSc1nc(NCCCN(C)C)c2c3c(sc2n1)CO[C@](C)(CC)C3. The Morgan fingerprint density at radius 3 is 2.79 bits per heavy atom. The number of nitrogens with one attached hydrogen (secondary N) is 1. The lowest BCUT2D eigenvalue weighted by molar-refractivity contribution is -0.0542. The monoisotopic (exact) mass is 422 g/mol. The fourth-order valence-electron chi connectivity index (χ4n) is 3.38. The molecule has 28 heavy (non-hydrogen) atoms. The van der Waals surface area contributed by atoms with Gasteiger partial charge in [-0.25, -0.2) is 9.97 Å². The van der Waals surface area contributed by atoms with E-state index in [9.17, 15) is 0 Å². The largest absolute Gasteiger partial charge is 0.369 e. The number of anilines is 1. The zero-order valence-corrected chi connectivity index (χ0v) is 19.6. The van der Waals surface area contributed by atoms with Crippen molar-refractivity contribution in [3.8, 4) is 0 Å². The van der Waals surface area contributed by atoms with Crippen LogP contribution >= 0.6 is 23.1 Å². The first-order valence-electron chi connectivity index (χ1n) is 10.4. The molecule has 0 aliphatic carbocycles. The van der Waals surface area contributed by atoms with Crippen molar-refractivity contribution in [2.75, 3.05) is 38.3 Å². The zero-order valence-electron chi connectivity index (χ0n) is 17.9. The molecule has 1 atom stereocenters. The summed E-state index contributed by atoms with van der Waals surface area (Å²) in [5.74, 6) is 2.09. The van der Waals surface area contributed by atoms with Crippen LogP contribution in [0, 0.1) is 0 Å². The minimum absolute atomic E-state index is 0.0856. The number of aromatic nitrogens is 2. The van der Waals surface area contributed by atoms with E-state index in [2.05, 4.69) is 45.1 Å². The van der Waals surface area contributed by atoms with Crippen molar-refractivity contribution in [2.24, 2.45) is 0 Å². The Kier molecular flexibility index (Phi) is 7.59. The number of thiophene rings is 1. The number of ether oxygens (including phenoxy) is 1. The summed E-state index contributed by atoms with van der Waals surface area (Å²) in [5, 5.41) is 5.76. The van der Waals surface area contributed by atoms with E-state index >= 15 is 0 Å². The van der Waals surface area contributed by atoms with Crippen molar-refractivity contribution in [1.29, 1.82) is 0 Å². The molecule has 0 saturated carbocycles. The molecule has 0 bridgehead atoms. The lowest BCUT2D eigenvalue weighted by Crippen LogP contribution is -2.34. The minimum Gasteiger partial charge on any atom is -0.369 e. The van der Waals surface area contributed by atoms with Crippen molar-refractivity contribution < 1.29 is 4.74 Å². The van der Waals surface area contributed by atoms with E-state index in [1.54, 1.807) is 23.1 Å². The third-order valence-electron chi connectivity index (χ3n) is 5.37. The second kappa shape index (κ2) is 9.74. The van der Waals surface area contributed by atoms with E-state index in [0.717, 1.165) is 53.9 Å². The molecule has 0 saturated heterocycles. The van der Waals surface area contributed by atoms with Gasteiger partial charge in [0.15, 0.2) is 5.16 Å². The van der Waals surface area contributed by atoms with Crippen LogP contribution < -0.4 is 5.32 Å². The van der Waals surface area contributed by atoms with Gasteiger partial charge in [0, 0.05) is 23.6 Å². The van der Waals surface area contributed by atoms with Gasteiger partial charge in [0.2, 0.25) is 0 Å². The molecular formula is C21H34N4OS2. The second-order valence-electron chi connectivity index (χ2n) is 8.09. The molecule has 0 fully saturated rings. The summed E-state index contributed by atoms with van der Waals surface area (Å²) < 4.78 is 6.18. The summed E-state index contributed by atoms with van der Waals surface area (Å²) >= 11 is 3.56. The van der Waals surface area contributed by atoms with Gasteiger partial charge in [0.05, 0.1) is 17.6 Å². The van der Waals surface area contributed by atoms with Gasteiger partial charge in [0.1, 0.15) is 10.6 Å². The minimum atomic E-state index is -0.0856. The van der Waals surface area contributed by atoms with Gasteiger partial charge in [-0.15, -0.1) is 11.3 Å². The normalized spacial score (nSPS) is 19.4. The molecular weight excluding hydrogens is 388 g/mol. The molecule has 3 rings (SSSR count). The summed E-state index contributed by atoms with van der Waals surface area (Å²) in [6, 6.07) is 0. The lowest BCUT2D eigenvalue weighted by atomic mass is 9.90. The molecule has 156 valence electrons. The molecule has 0 aromatic carbocycles. The van der Waals surface area contributed by atoms with E-state index in [0.29, 0.717) is 6.61 Å². The summed E-state index contributed by atoms with van der Waals surface area (Å²) in [5.41, 5.74) is 1.31. The molecule has 0 spiro atoms. The summed E-state index contributed by atoms with van der Waals surface area (Å²) in [6.07, 6.45) is 5.45. The van der Waals surface area contributed by atoms with E-state index in [-0.39, 0.29) is 5.60 Å². The molecule has 0 radical (unpaired) electrons. The highest BCUT2D eigenvalue weighted by atomic mass is 32.2. The molecule has 3 heterocycles. The van der Waals surface area contributed by atoms with Gasteiger partial charge >= 0.3 is 0 Å². The summed E-state index contributed by atoms with van der Waals surface area (Å²) in [4.78, 5) is 14.5. The van der Waals surface area contributed by atoms with Crippen molar-refractivity contribution in [3.05, 3.63) is 10.4 Å². The van der Waals surface area contributed by atoms with Crippen LogP contribution in [0.5, 0.6) is 0 Å². The highest BCUT2D eigenvalue weighted by Crippen LogP contribution is 2.42. The molecule has 7 heteroatoms. The maximum atomic E-state index is 6.18. The Labute approximate surface area is 177 Å². The maximum absolute atomic E-state index is 6.18. The number of fused-ring (bicyclic) bond motifs is 3. The number of unbranched alkanes of at least 4 members (excludes halogenated alkanes) is 1. The lowest BCUT2D eigenvalue weighted by Gasteiger charge is -2.33. The van der Waals surface area contributed by atoms with Gasteiger partial charge in [-0.3, -0.25) is 0 Å². The first-order valence-corrected chi connectivity index (χ1v) is 12.2. The maximum Gasteiger partial charge on any atom is 0.190 e. The third-order valence-corrected chi connectivity index (χ3v) is 7.40. The zero-order chi connectivity index (χ0) is 20.1. The van der Waals surface area contributed by atoms with Crippen LogP contribution in [-0.4, -0.2) is 53.4 Å². The summed E-state index contributed by atoms with van der Waals surface area (Å²) in [7, 11) is 4.23. The number of hydrogen-bond donors (Lipinski definition) is 1. The van der Waals surface area contributed by atoms with Crippen molar-refractivity contribution >= 4 is 39.1 Å². The quantitative estimate of drug-likeness (QED) is 0.323. The topological polar surface area (TPSA) is 50.3 Å². The number of rotatable bonds is 10. The van der Waals surface area contributed by atoms with Gasteiger partial charge in [-0.1, -0.05) is 32.0 Å². The second-order valence-corrected chi connectivity index (χ2v) is 10.2. The molecule has 5 nitrogen and oxygen atoms in total. The number of nitrogens with zero attached hydrogens (tertiary/aromatic N) is 3. The highest BCUT2D eigenvalue weighted by molar-refractivity contribution is 7.99. The molecule has 1 aliphatic heterocycles. The Balaban J connectivity index is 1.91. The van der Waals surface area contributed by atoms with Crippen molar-refractivity contribution in [1.82, 2.24) is 14.9 Å². The van der Waals surface area contributed by atoms with Gasteiger partial charge in [-0.05, 0) is 52.4 Å². The van der Waals surface area contributed by atoms with Crippen molar-refractivity contribution in [3.63, 3.8) is 0 Å². The van der Waals surface area contributed by atoms with Crippen LogP contribution in [0.1, 0.15) is 56.9 Å². The van der Waals surface area contributed by atoms with Gasteiger partial charge in [-0.2, -0.15) is 0 Å². The smallest absolute Gasteiger partial charge is 0.190 e. The Morgan fingerprint density at radius 2 is 2.07 bits per heavy atom. The fraction of sp³-hybridized carbons (Fsp3) is 0.714. The predicted molar refractivity (Wildman–Crippen MR) is 122 cm³/mol. The van der Waals surface area contributed by atoms with E-state index < -0.39 is 0 Å². The van der Waals surface area contributed by atoms with E-state index in [1.807, 2.05) is 0 Å². The average Bonchev–Trinajstić information content (AvgIpc) is 3.02. The number of thioether (sulfide) groups is 1. The van der Waals surface area contributed by atoms with E-state index in [4.69, 9.17) is 14.7 Å². The Morgan fingerprint density at radius 1 is 1.25 bits per heavy atom. The van der Waals surface area contributed by atoms with Gasteiger partial charge in [0.25, 0.3) is 0 Å². The molecule has 2 aromatic heterocycles. The Hall–Kier alpha value is -0.890. The number of hydrogen-bond acceptors (Lipinski definition) is 7. The first kappa shape index (κ1) is 21.8. The predicted octanol–water partition coefficient (Wildman–Crippen LogP) is 5.19. The van der Waals surface area contributed by atoms with Crippen LogP contribution in [0.15, 0.2) is 5.16 Å². The van der Waals surface area contributed by atoms with Gasteiger partial charge < -0.3 is 15.0 Å².